The van der Waals surface area contributed by atoms with E-state index in [2.05, 4.69) is 4.98 Å². The number of carbonyl (C=O) groups excluding carboxylic acids is 1. The van der Waals surface area contributed by atoms with Crippen molar-refractivity contribution >= 4 is 17.2 Å². The van der Waals surface area contributed by atoms with Crippen molar-refractivity contribution in [2.75, 3.05) is 13.1 Å². The molecule has 2 unspecified atom stereocenters. The fraction of sp³-hybridized carbons (Fsp3) is 0.524. The largest absolute Gasteiger partial charge is 0.364 e. The van der Waals surface area contributed by atoms with Gasteiger partial charge in [-0.3, -0.25) is 4.79 Å². The van der Waals surface area contributed by atoms with E-state index in [0.717, 1.165) is 30.2 Å². The summed E-state index contributed by atoms with van der Waals surface area (Å²) in [6.07, 6.45) is 4.11. The van der Waals surface area contributed by atoms with Crippen LogP contribution in [0.15, 0.2) is 29.6 Å². The number of hydrogen-bond acceptors (Lipinski definition) is 4. The van der Waals surface area contributed by atoms with Crippen LogP contribution in [0.4, 0.5) is 4.39 Å². The second-order valence-electron chi connectivity index (χ2n) is 8.29. The summed E-state index contributed by atoms with van der Waals surface area (Å²) in [6, 6.07) is 6.67. The minimum absolute atomic E-state index is 0.0258. The van der Waals surface area contributed by atoms with Crippen LogP contribution < -0.4 is 0 Å². The van der Waals surface area contributed by atoms with E-state index in [1.807, 2.05) is 23.3 Å². The maximum Gasteiger partial charge on any atom is 0.228 e. The topological polar surface area (TPSA) is 42.4 Å². The number of halogens is 1. The molecule has 6 rings (SSSR count). The molecule has 3 aliphatic carbocycles. The van der Waals surface area contributed by atoms with Crippen molar-refractivity contribution in [1.29, 1.82) is 0 Å². The Morgan fingerprint density at radius 2 is 2.15 bits per heavy atom. The number of carbonyl (C=O) groups is 1. The van der Waals surface area contributed by atoms with E-state index >= 15 is 0 Å². The van der Waals surface area contributed by atoms with E-state index < -0.39 is 0 Å². The molecule has 1 aromatic carbocycles. The van der Waals surface area contributed by atoms with E-state index in [0.29, 0.717) is 30.3 Å². The average Bonchev–Trinajstić information content (AvgIpc) is 3.36. The molecular weight excluding hydrogens is 363 g/mol. The third-order valence-electron chi connectivity index (χ3n) is 6.34. The molecule has 0 N–H and O–H groups in total. The van der Waals surface area contributed by atoms with Gasteiger partial charge in [-0.2, -0.15) is 0 Å². The van der Waals surface area contributed by atoms with Crippen LogP contribution in [0.3, 0.4) is 0 Å². The average molecular weight is 386 g/mol. The Morgan fingerprint density at radius 3 is 2.89 bits per heavy atom. The minimum atomic E-state index is -0.274. The Kier molecular flexibility index (Phi) is 4.09. The van der Waals surface area contributed by atoms with Crippen LogP contribution in [0.2, 0.25) is 0 Å². The molecule has 6 heteroatoms. The molecule has 27 heavy (non-hydrogen) atoms. The minimum Gasteiger partial charge on any atom is -0.364 e. The number of amides is 1. The predicted octanol–water partition coefficient (Wildman–Crippen LogP) is 4.43. The number of morpholine rings is 1. The number of fused-ring (bicyclic) bond motifs is 1. The zero-order valence-electron chi connectivity index (χ0n) is 15.4. The lowest BCUT2D eigenvalue weighted by molar-refractivity contribution is -0.159. The summed E-state index contributed by atoms with van der Waals surface area (Å²) in [6.45, 7) is 3.20. The van der Waals surface area contributed by atoms with Gasteiger partial charge in [-0.15, -0.1) is 11.3 Å². The van der Waals surface area contributed by atoms with Crippen LogP contribution in [0.25, 0.3) is 11.3 Å². The lowest BCUT2D eigenvalue weighted by atomic mass is 9.68. The van der Waals surface area contributed by atoms with Crippen LogP contribution in [0, 0.1) is 17.2 Å². The first-order valence-electron chi connectivity index (χ1n) is 9.69. The van der Waals surface area contributed by atoms with Gasteiger partial charge in [0.1, 0.15) is 16.9 Å². The first-order valence-corrected chi connectivity index (χ1v) is 10.6. The van der Waals surface area contributed by atoms with Gasteiger partial charge in [0.25, 0.3) is 0 Å². The standard InChI is InChI=1S/C21H23FN2O2S/c1-13-10-24(20(25)21-7-6-14(8-21)9-21)11-18(26-13)19-23-17(12-27-19)15-4-2-3-5-16(15)22/h2-5,12-14,18H,6-11H2,1H3. The second-order valence-corrected chi connectivity index (χ2v) is 9.18. The fourth-order valence-electron chi connectivity index (χ4n) is 5.03. The molecule has 1 aromatic heterocycles. The number of thiazole rings is 1. The summed E-state index contributed by atoms with van der Waals surface area (Å²) < 4.78 is 20.2. The van der Waals surface area contributed by atoms with Crippen molar-refractivity contribution in [1.82, 2.24) is 9.88 Å². The first-order chi connectivity index (χ1) is 13.0. The monoisotopic (exact) mass is 386 g/mol. The highest BCUT2D eigenvalue weighted by Crippen LogP contribution is 2.59. The summed E-state index contributed by atoms with van der Waals surface area (Å²) in [5, 5.41) is 2.68. The summed E-state index contributed by atoms with van der Waals surface area (Å²) >= 11 is 1.48. The molecule has 1 saturated heterocycles. The molecule has 4 fully saturated rings. The Hall–Kier alpha value is -1.79. The molecule has 2 bridgehead atoms. The first kappa shape index (κ1) is 17.3. The Balaban J connectivity index is 1.36. The molecular formula is C21H23FN2O2S. The Bertz CT molecular complexity index is 871. The quantitative estimate of drug-likeness (QED) is 0.784. The van der Waals surface area contributed by atoms with Crippen LogP contribution in [0.5, 0.6) is 0 Å². The fourth-order valence-corrected chi connectivity index (χ4v) is 5.88. The van der Waals surface area contributed by atoms with Gasteiger partial charge in [0.15, 0.2) is 0 Å². The van der Waals surface area contributed by atoms with Crippen molar-refractivity contribution in [3.63, 3.8) is 0 Å². The third-order valence-corrected chi connectivity index (χ3v) is 7.28. The highest BCUT2D eigenvalue weighted by Gasteiger charge is 2.56. The van der Waals surface area contributed by atoms with Crippen LogP contribution >= 0.6 is 11.3 Å². The molecule has 0 spiro atoms. The highest BCUT2D eigenvalue weighted by molar-refractivity contribution is 7.10. The van der Waals surface area contributed by atoms with Gasteiger partial charge in [0.05, 0.1) is 18.3 Å². The van der Waals surface area contributed by atoms with Gasteiger partial charge < -0.3 is 9.64 Å². The van der Waals surface area contributed by atoms with E-state index in [1.165, 1.54) is 23.8 Å². The van der Waals surface area contributed by atoms with Crippen molar-refractivity contribution in [3.05, 3.63) is 40.5 Å². The maximum absolute atomic E-state index is 14.1. The van der Waals surface area contributed by atoms with Crippen LogP contribution in [-0.4, -0.2) is 35.0 Å². The second kappa shape index (κ2) is 6.38. The maximum atomic E-state index is 14.1. The number of ether oxygens (including phenoxy) is 1. The zero-order valence-corrected chi connectivity index (χ0v) is 16.2. The van der Waals surface area contributed by atoms with Gasteiger partial charge in [0, 0.05) is 22.9 Å². The van der Waals surface area contributed by atoms with Crippen LogP contribution in [0.1, 0.15) is 43.7 Å². The summed E-state index contributed by atoms with van der Waals surface area (Å²) in [5.41, 5.74) is 1.04. The zero-order chi connectivity index (χ0) is 18.6. The van der Waals surface area contributed by atoms with Gasteiger partial charge >= 0.3 is 0 Å². The van der Waals surface area contributed by atoms with Gasteiger partial charge in [-0.05, 0) is 50.7 Å². The molecule has 2 atom stereocenters. The molecule has 1 aliphatic heterocycles. The lowest BCUT2D eigenvalue weighted by Crippen LogP contribution is -2.53. The van der Waals surface area contributed by atoms with E-state index in [9.17, 15) is 9.18 Å². The summed E-state index contributed by atoms with van der Waals surface area (Å²) in [5.74, 6) is 0.803. The summed E-state index contributed by atoms with van der Waals surface area (Å²) in [4.78, 5) is 19.8. The molecule has 4 nitrogen and oxygen atoms in total. The molecule has 2 aromatic rings. The highest BCUT2D eigenvalue weighted by atomic mass is 32.1. The van der Waals surface area contributed by atoms with Crippen molar-refractivity contribution in [2.24, 2.45) is 11.3 Å². The van der Waals surface area contributed by atoms with Gasteiger partial charge in [-0.1, -0.05) is 12.1 Å². The third kappa shape index (κ3) is 2.90. The number of nitrogens with zero attached hydrogens (tertiary/aromatic N) is 2. The SMILES string of the molecule is CC1CN(C(=O)C23CCC(C2)C3)CC(c2nc(-c3ccccc3F)cs2)O1. The molecule has 1 amide bonds. The van der Waals surface area contributed by atoms with E-state index in [1.54, 1.807) is 12.1 Å². The normalized spacial score (nSPS) is 32.4. The summed E-state index contributed by atoms with van der Waals surface area (Å²) in [7, 11) is 0. The smallest absolute Gasteiger partial charge is 0.228 e. The Morgan fingerprint density at radius 1 is 1.33 bits per heavy atom. The number of benzene rings is 1. The number of rotatable bonds is 3. The van der Waals surface area contributed by atoms with E-state index in [-0.39, 0.29) is 23.4 Å². The van der Waals surface area contributed by atoms with E-state index in [4.69, 9.17) is 4.74 Å². The molecule has 4 aliphatic rings. The number of aromatic nitrogens is 1. The van der Waals surface area contributed by atoms with Crippen molar-refractivity contribution in [3.8, 4) is 11.3 Å². The lowest BCUT2D eigenvalue weighted by Gasteiger charge is -2.44. The molecule has 142 valence electrons. The molecule has 2 heterocycles. The predicted molar refractivity (Wildman–Crippen MR) is 102 cm³/mol. The van der Waals surface area contributed by atoms with Gasteiger partial charge in [0.2, 0.25) is 5.91 Å². The van der Waals surface area contributed by atoms with Crippen molar-refractivity contribution < 1.29 is 13.9 Å². The number of hydrogen-bond donors (Lipinski definition) is 0. The Labute approximate surface area is 162 Å². The van der Waals surface area contributed by atoms with Crippen LogP contribution in [-0.2, 0) is 9.53 Å². The molecule has 0 radical (unpaired) electrons. The molecule has 3 saturated carbocycles. The van der Waals surface area contributed by atoms with Gasteiger partial charge in [-0.25, -0.2) is 9.37 Å². The van der Waals surface area contributed by atoms with Crippen molar-refractivity contribution in [2.45, 2.75) is 44.8 Å².